The summed E-state index contributed by atoms with van der Waals surface area (Å²) in [6, 6.07) is 0. The first-order valence-corrected chi connectivity index (χ1v) is 11.1. The molecular weight excluding hydrogens is 342 g/mol. The lowest BCUT2D eigenvalue weighted by Gasteiger charge is -2.48. The zero-order valence-corrected chi connectivity index (χ0v) is 17.6. The third-order valence-corrected chi connectivity index (χ3v) is 7.11. The Morgan fingerprint density at radius 2 is 1.77 bits per heavy atom. The molecule has 1 aliphatic carbocycles. The van der Waals surface area contributed by atoms with Crippen LogP contribution in [-0.2, 0) is 6.54 Å². The van der Waals surface area contributed by atoms with Crippen LogP contribution in [0.2, 0.25) is 0 Å². The second kappa shape index (κ2) is 9.18. The number of likely N-dealkylation sites (tertiary alicyclic amines) is 1. The molecule has 1 aromatic heterocycles. The molecule has 146 valence electrons. The zero-order valence-electron chi connectivity index (χ0n) is 16.7. The SMILES string of the molecule is CN=C(NCc1sc(C)nc1C)NCC1(N2CCCCC2)CCCCC1. The maximum Gasteiger partial charge on any atom is 0.191 e. The van der Waals surface area contributed by atoms with Crippen LogP contribution < -0.4 is 10.6 Å². The Balaban J connectivity index is 1.58. The average Bonchev–Trinajstić information content (AvgIpc) is 3.00. The molecule has 6 heteroatoms. The molecule has 1 saturated carbocycles. The van der Waals surface area contributed by atoms with Gasteiger partial charge in [0.15, 0.2) is 5.96 Å². The van der Waals surface area contributed by atoms with Crippen LogP contribution in [0.4, 0.5) is 0 Å². The number of nitrogens with zero attached hydrogens (tertiary/aromatic N) is 3. The summed E-state index contributed by atoms with van der Waals surface area (Å²) in [5.41, 5.74) is 1.46. The molecule has 0 atom stereocenters. The Morgan fingerprint density at radius 1 is 1.08 bits per heavy atom. The van der Waals surface area contributed by atoms with E-state index in [4.69, 9.17) is 0 Å². The molecule has 0 aromatic carbocycles. The van der Waals surface area contributed by atoms with Crippen LogP contribution in [0, 0.1) is 13.8 Å². The largest absolute Gasteiger partial charge is 0.355 e. The van der Waals surface area contributed by atoms with Crippen molar-refractivity contribution >= 4 is 17.3 Å². The second-order valence-corrected chi connectivity index (χ2v) is 9.14. The molecule has 2 heterocycles. The van der Waals surface area contributed by atoms with Crippen molar-refractivity contribution in [3.8, 4) is 0 Å². The third kappa shape index (κ3) is 4.77. The summed E-state index contributed by atoms with van der Waals surface area (Å²) >= 11 is 1.77. The Bertz CT molecular complexity index is 597. The number of aliphatic imine (C=N–C) groups is 1. The van der Waals surface area contributed by atoms with E-state index in [0.29, 0.717) is 5.54 Å². The highest BCUT2D eigenvalue weighted by Gasteiger charge is 2.38. The lowest BCUT2D eigenvalue weighted by atomic mass is 9.79. The third-order valence-electron chi connectivity index (χ3n) is 6.04. The summed E-state index contributed by atoms with van der Waals surface area (Å²) < 4.78 is 0. The van der Waals surface area contributed by atoms with E-state index in [-0.39, 0.29) is 0 Å². The van der Waals surface area contributed by atoms with Crippen molar-refractivity contribution in [1.82, 2.24) is 20.5 Å². The highest BCUT2D eigenvalue weighted by atomic mass is 32.1. The van der Waals surface area contributed by atoms with E-state index in [1.807, 2.05) is 7.05 Å². The van der Waals surface area contributed by atoms with Gasteiger partial charge in [-0.15, -0.1) is 11.3 Å². The molecule has 0 amide bonds. The number of rotatable bonds is 5. The van der Waals surface area contributed by atoms with Crippen molar-refractivity contribution < 1.29 is 0 Å². The molecule has 3 rings (SSSR count). The van der Waals surface area contributed by atoms with Gasteiger partial charge >= 0.3 is 0 Å². The van der Waals surface area contributed by atoms with Crippen molar-refractivity contribution in [3.63, 3.8) is 0 Å². The normalized spacial score (nSPS) is 21.6. The van der Waals surface area contributed by atoms with Gasteiger partial charge in [-0.1, -0.05) is 25.7 Å². The van der Waals surface area contributed by atoms with Crippen molar-refractivity contribution in [1.29, 1.82) is 0 Å². The predicted molar refractivity (Wildman–Crippen MR) is 111 cm³/mol. The van der Waals surface area contributed by atoms with Crippen molar-refractivity contribution in [2.75, 3.05) is 26.7 Å². The van der Waals surface area contributed by atoms with Crippen LogP contribution in [0.5, 0.6) is 0 Å². The summed E-state index contributed by atoms with van der Waals surface area (Å²) in [5, 5.41) is 8.28. The number of aryl methyl sites for hydroxylation is 2. The minimum absolute atomic E-state index is 0.327. The van der Waals surface area contributed by atoms with E-state index in [0.717, 1.165) is 29.8 Å². The number of nitrogens with one attached hydrogen (secondary N) is 2. The summed E-state index contributed by atoms with van der Waals surface area (Å²) in [7, 11) is 1.87. The molecule has 2 fully saturated rings. The lowest BCUT2D eigenvalue weighted by molar-refractivity contribution is 0.0368. The summed E-state index contributed by atoms with van der Waals surface area (Å²) in [5.74, 6) is 0.914. The molecule has 2 aliphatic rings. The molecule has 5 nitrogen and oxygen atoms in total. The van der Waals surface area contributed by atoms with Crippen molar-refractivity contribution in [2.45, 2.75) is 77.3 Å². The number of guanidine groups is 1. The van der Waals surface area contributed by atoms with Gasteiger partial charge in [0.1, 0.15) is 0 Å². The van der Waals surface area contributed by atoms with Gasteiger partial charge in [0.05, 0.1) is 17.2 Å². The zero-order chi connectivity index (χ0) is 18.4. The minimum atomic E-state index is 0.327. The van der Waals surface area contributed by atoms with E-state index in [1.165, 1.54) is 69.3 Å². The Hall–Kier alpha value is -1.14. The van der Waals surface area contributed by atoms with Crippen LogP contribution in [0.3, 0.4) is 0 Å². The highest BCUT2D eigenvalue weighted by molar-refractivity contribution is 7.11. The summed E-state index contributed by atoms with van der Waals surface area (Å²) in [4.78, 5) is 13.1. The standard InChI is InChI=1S/C20H35N5S/c1-16-18(26-17(2)24-16)14-22-19(21-3)23-15-20(10-6-4-7-11-20)25-12-8-5-9-13-25/h4-15H2,1-3H3,(H2,21,22,23). The van der Waals surface area contributed by atoms with Crippen LogP contribution in [0.25, 0.3) is 0 Å². The molecule has 2 N–H and O–H groups in total. The van der Waals surface area contributed by atoms with Gasteiger partial charge in [-0.3, -0.25) is 9.89 Å². The number of hydrogen-bond donors (Lipinski definition) is 2. The quantitative estimate of drug-likeness (QED) is 0.608. The number of thiazole rings is 1. The predicted octanol–water partition coefficient (Wildman–Crippen LogP) is 3.61. The molecule has 0 bridgehead atoms. The first-order valence-electron chi connectivity index (χ1n) is 10.3. The smallest absolute Gasteiger partial charge is 0.191 e. The first-order chi connectivity index (χ1) is 12.6. The topological polar surface area (TPSA) is 52.6 Å². The van der Waals surface area contributed by atoms with Gasteiger partial charge in [0.2, 0.25) is 0 Å². The molecule has 1 aromatic rings. The fourth-order valence-electron chi connectivity index (χ4n) is 4.55. The van der Waals surface area contributed by atoms with Crippen LogP contribution in [0.1, 0.15) is 66.9 Å². The van der Waals surface area contributed by atoms with Crippen molar-refractivity contribution in [2.24, 2.45) is 4.99 Å². The number of aromatic nitrogens is 1. The van der Waals surface area contributed by atoms with E-state index in [1.54, 1.807) is 11.3 Å². The van der Waals surface area contributed by atoms with Gasteiger partial charge in [0, 0.05) is 24.0 Å². The maximum absolute atomic E-state index is 4.52. The van der Waals surface area contributed by atoms with Gasteiger partial charge in [-0.25, -0.2) is 4.98 Å². The maximum atomic E-state index is 4.52. The summed E-state index contributed by atoms with van der Waals surface area (Å²) in [6.07, 6.45) is 10.9. The Morgan fingerprint density at radius 3 is 2.38 bits per heavy atom. The average molecular weight is 378 g/mol. The van der Waals surface area contributed by atoms with Crippen LogP contribution in [0.15, 0.2) is 4.99 Å². The van der Waals surface area contributed by atoms with Crippen molar-refractivity contribution in [3.05, 3.63) is 15.6 Å². The van der Waals surface area contributed by atoms with E-state index in [2.05, 4.69) is 39.4 Å². The molecule has 26 heavy (non-hydrogen) atoms. The monoisotopic (exact) mass is 377 g/mol. The van der Waals surface area contributed by atoms with Gasteiger partial charge < -0.3 is 10.6 Å². The molecule has 1 saturated heterocycles. The van der Waals surface area contributed by atoms with Crippen LogP contribution >= 0.6 is 11.3 Å². The molecule has 0 unspecified atom stereocenters. The lowest BCUT2D eigenvalue weighted by Crippen LogP contribution is -2.59. The molecule has 1 aliphatic heterocycles. The van der Waals surface area contributed by atoms with E-state index >= 15 is 0 Å². The van der Waals surface area contributed by atoms with Gasteiger partial charge in [-0.05, 0) is 52.6 Å². The molecular formula is C20H35N5S. The Labute approximate surface area is 162 Å². The van der Waals surface area contributed by atoms with Gasteiger partial charge in [-0.2, -0.15) is 0 Å². The minimum Gasteiger partial charge on any atom is -0.355 e. The van der Waals surface area contributed by atoms with Crippen LogP contribution in [-0.4, -0.2) is 48.1 Å². The Kier molecular flexibility index (Phi) is 6.92. The highest BCUT2D eigenvalue weighted by Crippen LogP contribution is 2.35. The fourth-order valence-corrected chi connectivity index (χ4v) is 5.43. The second-order valence-electron chi connectivity index (χ2n) is 7.85. The number of hydrogen-bond acceptors (Lipinski definition) is 4. The fraction of sp³-hybridized carbons (Fsp3) is 0.800. The van der Waals surface area contributed by atoms with Gasteiger partial charge in [0.25, 0.3) is 0 Å². The van der Waals surface area contributed by atoms with E-state index < -0.39 is 0 Å². The molecule has 0 radical (unpaired) electrons. The first kappa shape index (κ1) is 19.6. The van der Waals surface area contributed by atoms with E-state index in [9.17, 15) is 0 Å². The summed E-state index contributed by atoms with van der Waals surface area (Å²) in [6.45, 7) is 8.50. The molecule has 0 spiro atoms. The number of piperidine rings is 1.